The second-order valence-electron chi connectivity index (χ2n) is 20.1. The van der Waals surface area contributed by atoms with Crippen molar-refractivity contribution in [1.29, 1.82) is 0 Å². The number of benzene rings is 4. The van der Waals surface area contributed by atoms with Gasteiger partial charge < -0.3 is 10.2 Å². The number of aromatic hydroxyl groups is 2. The molecule has 0 radical (unpaired) electrons. The van der Waals surface area contributed by atoms with Gasteiger partial charge in [-0.1, -0.05) is 132 Å². The molecule has 0 aromatic heterocycles. The monoisotopic (exact) mass is 770 g/mol. The molecule has 6 rings (SSSR count). The Morgan fingerprint density at radius 3 is 0.982 bits per heavy atom. The number of phenols is 2. The molecule has 2 saturated heterocycles. The molecule has 2 N–H and O–H groups in total. The number of carbonyl (C=O) groups excluding carboxylic acids is 4. The van der Waals surface area contributed by atoms with Gasteiger partial charge in [0.1, 0.15) is 11.5 Å². The van der Waals surface area contributed by atoms with E-state index in [2.05, 4.69) is 0 Å². The maximum Gasteiger partial charge on any atom is 0.241 e. The number of phenolic OH excluding ortho intramolecular Hbond substituents is 2. The van der Waals surface area contributed by atoms with E-state index < -0.39 is 11.8 Å². The first-order valence-corrected chi connectivity index (χ1v) is 19.9. The summed E-state index contributed by atoms with van der Waals surface area (Å²) in [5.74, 6) is -1.91. The molecule has 4 amide bonds. The van der Waals surface area contributed by atoms with Crippen molar-refractivity contribution in [2.75, 3.05) is 9.80 Å². The topological polar surface area (TPSA) is 115 Å². The summed E-state index contributed by atoms with van der Waals surface area (Å²) in [6.07, 6.45) is 0.671. The van der Waals surface area contributed by atoms with E-state index in [0.29, 0.717) is 17.8 Å². The Hall–Kier alpha value is -5.24. The minimum absolute atomic E-state index is 0.0541. The molecule has 2 fully saturated rings. The van der Waals surface area contributed by atoms with Gasteiger partial charge in [0.05, 0.1) is 23.2 Å². The third-order valence-electron chi connectivity index (χ3n) is 11.4. The maximum absolute atomic E-state index is 13.9. The first-order valence-electron chi connectivity index (χ1n) is 19.9. The highest BCUT2D eigenvalue weighted by Gasteiger charge is 2.43. The van der Waals surface area contributed by atoms with Crippen LogP contribution in [0.1, 0.15) is 152 Å². The third-order valence-corrected chi connectivity index (χ3v) is 11.4. The van der Waals surface area contributed by atoms with Crippen LogP contribution in [0.25, 0.3) is 0 Å². The zero-order chi connectivity index (χ0) is 42.2. The van der Waals surface area contributed by atoms with Crippen LogP contribution in [0.15, 0.2) is 72.8 Å². The first kappa shape index (κ1) is 41.4. The lowest BCUT2D eigenvalue weighted by molar-refractivity contribution is -0.123. The molecule has 0 bridgehead atoms. The van der Waals surface area contributed by atoms with Crippen molar-refractivity contribution in [3.63, 3.8) is 0 Å². The van der Waals surface area contributed by atoms with Crippen molar-refractivity contribution in [2.24, 2.45) is 0 Å². The zero-order valence-corrected chi connectivity index (χ0v) is 35.6. The van der Waals surface area contributed by atoms with Crippen LogP contribution >= 0.6 is 0 Å². The van der Waals surface area contributed by atoms with Crippen molar-refractivity contribution in [1.82, 2.24) is 0 Å². The first-order chi connectivity index (χ1) is 26.3. The quantitative estimate of drug-likeness (QED) is 0.189. The molecule has 8 heteroatoms. The van der Waals surface area contributed by atoms with Crippen LogP contribution in [0, 0.1) is 0 Å². The molecular weight excluding hydrogens is 713 g/mol. The number of nitrogens with zero attached hydrogens (tertiary/aromatic N) is 2. The van der Waals surface area contributed by atoms with Crippen LogP contribution in [0.5, 0.6) is 11.5 Å². The van der Waals surface area contributed by atoms with Crippen LogP contribution in [-0.4, -0.2) is 33.8 Å². The van der Waals surface area contributed by atoms with Crippen LogP contribution in [0.4, 0.5) is 11.4 Å². The Morgan fingerprint density at radius 1 is 0.474 bits per heavy atom. The predicted octanol–water partition coefficient (Wildman–Crippen LogP) is 9.97. The van der Waals surface area contributed by atoms with Gasteiger partial charge in [-0.2, -0.15) is 0 Å². The summed E-state index contributed by atoms with van der Waals surface area (Å²) < 4.78 is 0. The minimum Gasteiger partial charge on any atom is -0.507 e. The fourth-order valence-corrected chi connectivity index (χ4v) is 8.09. The van der Waals surface area contributed by atoms with Crippen molar-refractivity contribution < 1.29 is 29.4 Å². The average Bonchev–Trinajstić information content (AvgIpc) is 3.56. The molecule has 8 nitrogen and oxygen atoms in total. The highest BCUT2D eigenvalue weighted by Crippen LogP contribution is 2.45. The van der Waals surface area contributed by atoms with Crippen molar-refractivity contribution in [2.45, 2.75) is 136 Å². The van der Waals surface area contributed by atoms with Gasteiger partial charge in [0, 0.05) is 12.8 Å². The molecule has 2 aliphatic heterocycles. The highest BCUT2D eigenvalue weighted by molar-refractivity contribution is 6.23. The standard InChI is InChI=1S/C49H58N2O6/c1-46(2,3)36-22-30(23-37(42(36)54)47(4,5)6)34-26-40(52)50(44(34)56)32-17-13-28(14-18-32)21-29-15-19-33(20-16-29)51-41(53)27-35(45(51)57)31-24-38(48(7,8)9)43(55)39(25-31)49(10,11)12/h13-20,22-25,34-35,54-55H,21,26-27H2,1-12H3. The minimum atomic E-state index is -0.647. The molecule has 300 valence electrons. The maximum atomic E-state index is 13.9. The summed E-state index contributed by atoms with van der Waals surface area (Å²) in [6.45, 7) is 24.3. The fraction of sp³-hybridized carbons (Fsp3) is 0.429. The highest BCUT2D eigenvalue weighted by atomic mass is 16.3. The normalized spacial score (nSPS) is 18.3. The third kappa shape index (κ3) is 8.01. The summed E-state index contributed by atoms with van der Waals surface area (Å²) in [5.41, 5.74) is 5.98. The summed E-state index contributed by atoms with van der Waals surface area (Å²) >= 11 is 0. The van der Waals surface area contributed by atoms with E-state index in [1.165, 1.54) is 9.80 Å². The number of hydrogen-bond donors (Lipinski definition) is 2. The van der Waals surface area contributed by atoms with Gasteiger partial charge in [-0.05, 0) is 96.9 Å². The largest absolute Gasteiger partial charge is 0.507 e. The lowest BCUT2D eigenvalue weighted by Gasteiger charge is -2.29. The van der Waals surface area contributed by atoms with Gasteiger partial charge in [0.25, 0.3) is 0 Å². The molecule has 0 saturated carbocycles. The van der Waals surface area contributed by atoms with E-state index in [-0.39, 0.29) is 69.6 Å². The van der Waals surface area contributed by atoms with E-state index in [0.717, 1.165) is 44.5 Å². The Morgan fingerprint density at radius 2 is 0.737 bits per heavy atom. The zero-order valence-electron chi connectivity index (χ0n) is 35.6. The molecule has 57 heavy (non-hydrogen) atoms. The van der Waals surface area contributed by atoms with Gasteiger partial charge in [0.15, 0.2) is 0 Å². The molecule has 4 aromatic carbocycles. The van der Waals surface area contributed by atoms with Crippen LogP contribution in [-0.2, 0) is 47.3 Å². The van der Waals surface area contributed by atoms with Crippen LogP contribution < -0.4 is 9.80 Å². The number of anilines is 2. The molecule has 2 heterocycles. The molecule has 2 atom stereocenters. The molecular formula is C49H58N2O6. The second-order valence-corrected chi connectivity index (χ2v) is 20.1. The summed E-state index contributed by atoms with van der Waals surface area (Å²) in [6, 6.07) is 22.3. The number of imide groups is 2. The van der Waals surface area contributed by atoms with Gasteiger partial charge in [-0.15, -0.1) is 0 Å². The van der Waals surface area contributed by atoms with Crippen molar-refractivity contribution >= 4 is 35.0 Å². The van der Waals surface area contributed by atoms with Gasteiger partial charge in [-0.3, -0.25) is 29.0 Å². The van der Waals surface area contributed by atoms with E-state index in [4.69, 9.17) is 0 Å². The van der Waals surface area contributed by atoms with E-state index in [9.17, 15) is 29.4 Å². The lowest BCUT2D eigenvalue weighted by atomic mass is 9.77. The Kier molecular flexibility index (Phi) is 10.4. The number of hydrogen-bond acceptors (Lipinski definition) is 6. The van der Waals surface area contributed by atoms with Crippen LogP contribution in [0.2, 0.25) is 0 Å². The van der Waals surface area contributed by atoms with E-state index in [1.807, 2.05) is 132 Å². The molecule has 2 unspecified atom stereocenters. The van der Waals surface area contributed by atoms with Gasteiger partial charge in [-0.25, -0.2) is 0 Å². The number of carbonyl (C=O) groups is 4. The smallest absolute Gasteiger partial charge is 0.241 e. The van der Waals surface area contributed by atoms with Gasteiger partial charge >= 0.3 is 0 Å². The summed E-state index contributed by atoms with van der Waals surface area (Å²) in [5, 5.41) is 22.4. The predicted molar refractivity (Wildman–Crippen MR) is 226 cm³/mol. The second kappa shape index (κ2) is 14.3. The van der Waals surface area contributed by atoms with Crippen molar-refractivity contribution in [3.05, 3.63) is 117 Å². The number of amides is 4. The van der Waals surface area contributed by atoms with Crippen LogP contribution in [0.3, 0.4) is 0 Å². The van der Waals surface area contributed by atoms with Gasteiger partial charge in [0.2, 0.25) is 23.6 Å². The average molecular weight is 771 g/mol. The van der Waals surface area contributed by atoms with Crippen molar-refractivity contribution in [3.8, 4) is 11.5 Å². The Bertz CT molecular complexity index is 2030. The summed E-state index contributed by atoms with van der Waals surface area (Å²) in [4.78, 5) is 57.1. The Balaban J connectivity index is 1.18. The fourth-order valence-electron chi connectivity index (χ4n) is 8.09. The molecule has 0 aliphatic carbocycles. The van der Waals surface area contributed by atoms with E-state index in [1.54, 1.807) is 24.3 Å². The molecule has 4 aromatic rings. The number of rotatable bonds is 6. The Labute approximate surface area is 337 Å². The molecule has 2 aliphatic rings. The lowest BCUT2D eigenvalue weighted by Crippen LogP contribution is -2.30. The SMILES string of the molecule is CC(C)(C)c1cc(C2CC(=O)N(c3ccc(Cc4ccc(N5C(=O)CC(c6cc(C(C)(C)C)c(O)c(C(C)(C)C)c6)C5=O)cc4)cc3)C2=O)cc(C(C)(C)C)c1O. The molecule has 0 spiro atoms. The summed E-state index contributed by atoms with van der Waals surface area (Å²) in [7, 11) is 0. The van der Waals surface area contributed by atoms with E-state index >= 15 is 0 Å².